The predicted octanol–water partition coefficient (Wildman–Crippen LogP) is 3.44. The van der Waals surface area contributed by atoms with Crippen LogP contribution in [0.5, 0.6) is 5.75 Å². The maximum Gasteiger partial charge on any atom is 0.266 e. The van der Waals surface area contributed by atoms with Crippen molar-refractivity contribution in [1.82, 2.24) is 0 Å². The van der Waals surface area contributed by atoms with Gasteiger partial charge in [0.15, 0.2) is 0 Å². The third-order valence-electron chi connectivity index (χ3n) is 4.75. The number of benzene rings is 3. The number of aliphatic hydroxyl groups is 1. The Kier molecular flexibility index (Phi) is 5.88. The normalized spacial score (nSPS) is 14.0. The van der Waals surface area contributed by atoms with Gasteiger partial charge in [0.2, 0.25) is 0 Å². The van der Waals surface area contributed by atoms with E-state index in [4.69, 9.17) is 9.47 Å². The van der Waals surface area contributed by atoms with Crippen LogP contribution in [-0.4, -0.2) is 36.2 Å². The highest BCUT2D eigenvalue weighted by atomic mass is 16.5. The third kappa shape index (κ3) is 4.25. The quantitative estimate of drug-likeness (QED) is 0.583. The largest absolute Gasteiger partial charge is 0.491 e. The molecule has 1 N–H and O–H groups in total. The van der Waals surface area contributed by atoms with Crippen molar-refractivity contribution >= 4 is 17.5 Å². The van der Waals surface area contributed by atoms with Gasteiger partial charge >= 0.3 is 0 Å². The minimum atomic E-state index is -0.773. The number of amides is 2. The number of hydrogen-bond donors (Lipinski definition) is 1. The van der Waals surface area contributed by atoms with Gasteiger partial charge in [-0.25, -0.2) is 4.90 Å². The van der Waals surface area contributed by atoms with Gasteiger partial charge < -0.3 is 14.6 Å². The fraction of sp³-hybridized carbons (Fsp3) is 0.167. The maximum absolute atomic E-state index is 12.5. The summed E-state index contributed by atoms with van der Waals surface area (Å²) < 4.78 is 11.1. The zero-order chi connectivity index (χ0) is 20.9. The molecule has 0 radical (unpaired) electrons. The van der Waals surface area contributed by atoms with Gasteiger partial charge in [0.25, 0.3) is 11.8 Å². The van der Waals surface area contributed by atoms with E-state index in [1.165, 1.54) is 0 Å². The second-order valence-corrected chi connectivity index (χ2v) is 6.95. The third-order valence-corrected chi connectivity index (χ3v) is 4.75. The van der Waals surface area contributed by atoms with Crippen molar-refractivity contribution in [3.05, 3.63) is 95.6 Å². The van der Waals surface area contributed by atoms with Gasteiger partial charge in [-0.3, -0.25) is 9.59 Å². The molecule has 1 aliphatic heterocycles. The predicted molar refractivity (Wildman–Crippen MR) is 112 cm³/mol. The first-order chi connectivity index (χ1) is 14.6. The fourth-order valence-electron chi connectivity index (χ4n) is 3.24. The topological polar surface area (TPSA) is 76.1 Å². The van der Waals surface area contributed by atoms with Crippen molar-refractivity contribution in [2.75, 3.05) is 18.1 Å². The SMILES string of the molecule is O=C1c2ccccc2C(=O)N1c1ccc(OC[C@@H](O)COCc2ccccc2)cc1. The molecule has 0 fully saturated rings. The van der Waals surface area contributed by atoms with E-state index in [2.05, 4.69) is 0 Å². The van der Waals surface area contributed by atoms with E-state index in [0.29, 0.717) is 29.2 Å². The van der Waals surface area contributed by atoms with Crippen molar-refractivity contribution < 1.29 is 24.2 Å². The van der Waals surface area contributed by atoms with E-state index < -0.39 is 6.10 Å². The van der Waals surface area contributed by atoms with Crippen LogP contribution < -0.4 is 9.64 Å². The molecule has 6 heteroatoms. The second-order valence-electron chi connectivity index (χ2n) is 6.95. The number of anilines is 1. The summed E-state index contributed by atoms with van der Waals surface area (Å²) in [6.45, 7) is 0.649. The molecule has 0 saturated carbocycles. The van der Waals surface area contributed by atoms with Crippen LogP contribution in [0.4, 0.5) is 5.69 Å². The van der Waals surface area contributed by atoms with Crippen LogP contribution in [0.2, 0.25) is 0 Å². The van der Waals surface area contributed by atoms with Crippen molar-refractivity contribution in [3.8, 4) is 5.75 Å². The van der Waals surface area contributed by atoms with Crippen LogP contribution in [0, 0.1) is 0 Å². The van der Waals surface area contributed by atoms with Crippen molar-refractivity contribution in [2.24, 2.45) is 0 Å². The van der Waals surface area contributed by atoms with Gasteiger partial charge in [-0.05, 0) is 42.0 Å². The minimum Gasteiger partial charge on any atom is -0.491 e. The summed E-state index contributed by atoms with van der Waals surface area (Å²) in [5.41, 5.74) is 2.32. The molecular formula is C24H21NO5. The Morgan fingerprint density at radius 2 is 1.37 bits per heavy atom. The highest BCUT2D eigenvalue weighted by Crippen LogP contribution is 2.29. The van der Waals surface area contributed by atoms with Gasteiger partial charge in [-0.1, -0.05) is 42.5 Å². The van der Waals surface area contributed by atoms with Crippen LogP contribution in [0.3, 0.4) is 0 Å². The minimum absolute atomic E-state index is 0.0706. The van der Waals surface area contributed by atoms with Crippen LogP contribution in [0.15, 0.2) is 78.9 Å². The standard InChI is InChI=1S/C24H21NO5/c26-19(15-29-14-17-6-2-1-3-7-17)16-30-20-12-10-18(11-13-20)25-23(27)21-8-4-5-9-22(21)24(25)28/h1-13,19,26H,14-16H2/t19-/m0/s1. The lowest BCUT2D eigenvalue weighted by Gasteiger charge is -2.16. The van der Waals surface area contributed by atoms with Gasteiger partial charge in [0.05, 0.1) is 30.0 Å². The molecule has 0 aliphatic carbocycles. The molecule has 0 unspecified atom stereocenters. The van der Waals surface area contributed by atoms with Crippen LogP contribution in [0.1, 0.15) is 26.3 Å². The Labute approximate surface area is 174 Å². The fourth-order valence-corrected chi connectivity index (χ4v) is 3.24. The summed E-state index contributed by atoms with van der Waals surface area (Å²) in [6, 6.07) is 23.1. The van der Waals surface area contributed by atoms with Gasteiger partial charge in [-0.15, -0.1) is 0 Å². The van der Waals surface area contributed by atoms with E-state index >= 15 is 0 Å². The molecule has 1 atom stereocenters. The molecule has 4 rings (SSSR count). The zero-order valence-electron chi connectivity index (χ0n) is 16.2. The summed E-state index contributed by atoms with van der Waals surface area (Å²) in [6.07, 6.45) is -0.773. The molecular weight excluding hydrogens is 382 g/mol. The van der Waals surface area contributed by atoms with E-state index in [1.54, 1.807) is 48.5 Å². The molecule has 1 heterocycles. The number of aliphatic hydroxyl groups excluding tert-OH is 1. The summed E-state index contributed by atoms with van der Waals surface area (Å²) >= 11 is 0. The van der Waals surface area contributed by atoms with Gasteiger partial charge in [0, 0.05) is 0 Å². The number of imide groups is 1. The summed E-state index contributed by atoms with van der Waals surface area (Å²) in [5, 5.41) is 10.0. The van der Waals surface area contributed by atoms with E-state index in [9.17, 15) is 14.7 Å². The number of carbonyl (C=O) groups is 2. The summed E-state index contributed by atoms with van der Waals surface area (Å²) in [5.74, 6) is -0.150. The average molecular weight is 403 g/mol. The number of ether oxygens (including phenoxy) is 2. The molecule has 2 amide bonds. The first kappa shape index (κ1) is 19.8. The number of rotatable bonds is 8. The smallest absolute Gasteiger partial charge is 0.266 e. The molecule has 0 saturated heterocycles. The number of hydrogen-bond acceptors (Lipinski definition) is 5. The van der Waals surface area contributed by atoms with E-state index in [1.807, 2.05) is 30.3 Å². The first-order valence-electron chi connectivity index (χ1n) is 9.64. The molecule has 30 heavy (non-hydrogen) atoms. The van der Waals surface area contributed by atoms with Gasteiger partial charge in [-0.2, -0.15) is 0 Å². The Bertz CT molecular complexity index is 998. The average Bonchev–Trinajstić information content (AvgIpc) is 3.04. The molecule has 152 valence electrons. The van der Waals surface area contributed by atoms with Crippen LogP contribution in [-0.2, 0) is 11.3 Å². The first-order valence-corrected chi connectivity index (χ1v) is 9.64. The second kappa shape index (κ2) is 8.90. The molecule has 1 aliphatic rings. The number of nitrogens with zero attached hydrogens (tertiary/aromatic N) is 1. The maximum atomic E-state index is 12.5. The Morgan fingerprint density at radius 3 is 2.00 bits per heavy atom. The molecule has 3 aromatic carbocycles. The molecule has 0 spiro atoms. The lowest BCUT2D eigenvalue weighted by molar-refractivity contribution is 0.00549. The molecule has 0 aromatic heterocycles. The van der Waals surface area contributed by atoms with E-state index in [-0.39, 0.29) is 25.0 Å². The monoisotopic (exact) mass is 403 g/mol. The van der Waals surface area contributed by atoms with Gasteiger partial charge in [0.1, 0.15) is 18.5 Å². The summed E-state index contributed by atoms with van der Waals surface area (Å²) in [4.78, 5) is 26.2. The Morgan fingerprint density at radius 1 is 0.767 bits per heavy atom. The van der Waals surface area contributed by atoms with Crippen molar-refractivity contribution in [3.63, 3.8) is 0 Å². The molecule has 3 aromatic rings. The zero-order valence-corrected chi connectivity index (χ0v) is 16.2. The van der Waals surface area contributed by atoms with Crippen molar-refractivity contribution in [1.29, 1.82) is 0 Å². The molecule has 0 bridgehead atoms. The van der Waals surface area contributed by atoms with E-state index in [0.717, 1.165) is 10.5 Å². The Balaban J connectivity index is 1.29. The van der Waals surface area contributed by atoms with Crippen molar-refractivity contribution in [2.45, 2.75) is 12.7 Å². The lowest BCUT2D eigenvalue weighted by atomic mass is 10.1. The highest BCUT2D eigenvalue weighted by molar-refractivity contribution is 6.34. The Hall–Kier alpha value is -3.48. The summed E-state index contributed by atoms with van der Waals surface area (Å²) in [7, 11) is 0. The number of fused-ring (bicyclic) bond motifs is 1. The highest BCUT2D eigenvalue weighted by Gasteiger charge is 2.36. The lowest BCUT2D eigenvalue weighted by Crippen LogP contribution is -2.29. The number of carbonyl (C=O) groups excluding carboxylic acids is 2. The van der Waals surface area contributed by atoms with Crippen LogP contribution in [0.25, 0.3) is 0 Å². The molecule has 6 nitrogen and oxygen atoms in total. The van der Waals surface area contributed by atoms with Crippen LogP contribution >= 0.6 is 0 Å².